The first-order valence-electron chi connectivity index (χ1n) is 8.35. The lowest BCUT2D eigenvalue weighted by Gasteiger charge is -2.09. The van der Waals surface area contributed by atoms with Crippen molar-refractivity contribution in [2.24, 2.45) is 0 Å². The van der Waals surface area contributed by atoms with Crippen molar-refractivity contribution in [3.8, 4) is 11.5 Å². The summed E-state index contributed by atoms with van der Waals surface area (Å²) in [5.74, 6) is -0.167. The second-order valence-corrected chi connectivity index (χ2v) is 5.42. The molecule has 6 nitrogen and oxygen atoms in total. The van der Waals surface area contributed by atoms with Crippen molar-refractivity contribution < 1.29 is 28.5 Å². The fraction of sp³-hybridized carbons (Fsp3) is 0.300. The van der Waals surface area contributed by atoms with E-state index in [1.165, 1.54) is 13.2 Å². The van der Waals surface area contributed by atoms with Crippen molar-refractivity contribution in [2.45, 2.75) is 13.3 Å². The SMILES string of the molecule is CCCOc1cccc(C(=O)Oc2cccc(C(=O)OCCOC)c2)c1. The van der Waals surface area contributed by atoms with Crippen LogP contribution in [0.15, 0.2) is 48.5 Å². The van der Waals surface area contributed by atoms with Gasteiger partial charge in [-0.05, 0) is 42.8 Å². The molecule has 0 atom stereocenters. The molecule has 2 aromatic rings. The molecule has 0 aliphatic carbocycles. The molecular weight excluding hydrogens is 336 g/mol. The predicted molar refractivity (Wildman–Crippen MR) is 95.8 cm³/mol. The number of esters is 2. The van der Waals surface area contributed by atoms with Crippen molar-refractivity contribution in [3.63, 3.8) is 0 Å². The summed E-state index contributed by atoms with van der Waals surface area (Å²) in [7, 11) is 1.52. The van der Waals surface area contributed by atoms with E-state index in [9.17, 15) is 9.59 Å². The Balaban J connectivity index is 2.03. The summed E-state index contributed by atoms with van der Waals surface area (Å²) in [6, 6.07) is 13.0. The largest absolute Gasteiger partial charge is 0.494 e. The van der Waals surface area contributed by atoms with E-state index in [0.29, 0.717) is 30.1 Å². The summed E-state index contributed by atoms with van der Waals surface area (Å²) in [5.41, 5.74) is 0.665. The summed E-state index contributed by atoms with van der Waals surface area (Å²) in [6.07, 6.45) is 0.877. The van der Waals surface area contributed by atoms with Crippen LogP contribution >= 0.6 is 0 Å². The fourth-order valence-corrected chi connectivity index (χ4v) is 2.09. The first kappa shape index (κ1) is 19.5. The third-order valence-electron chi connectivity index (χ3n) is 3.34. The van der Waals surface area contributed by atoms with Gasteiger partial charge in [0.1, 0.15) is 18.1 Å². The first-order valence-corrected chi connectivity index (χ1v) is 8.35. The van der Waals surface area contributed by atoms with Crippen LogP contribution in [0.25, 0.3) is 0 Å². The van der Waals surface area contributed by atoms with Crippen LogP contribution in [0, 0.1) is 0 Å². The highest BCUT2D eigenvalue weighted by Crippen LogP contribution is 2.18. The van der Waals surface area contributed by atoms with Gasteiger partial charge in [0.25, 0.3) is 0 Å². The van der Waals surface area contributed by atoms with Gasteiger partial charge < -0.3 is 18.9 Å². The molecule has 26 heavy (non-hydrogen) atoms. The maximum atomic E-state index is 12.3. The van der Waals surface area contributed by atoms with Gasteiger partial charge in [-0.3, -0.25) is 0 Å². The Morgan fingerprint density at radius 2 is 1.50 bits per heavy atom. The third kappa shape index (κ3) is 5.89. The minimum Gasteiger partial charge on any atom is -0.494 e. The van der Waals surface area contributed by atoms with E-state index in [2.05, 4.69) is 0 Å². The second kappa shape index (κ2) is 10.2. The van der Waals surface area contributed by atoms with Gasteiger partial charge in [-0.15, -0.1) is 0 Å². The normalized spacial score (nSPS) is 10.2. The highest BCUT2D eigenvalue weighted by atomic mass is 16.6. The van der Waals surface area contributed by atoms with Gasteiger partial charge in [-0.25, -0.2) is 9.59 Å². The van der Waals surface area contributed by atoms with Gasteiger partial charge >= 0.3 is 11.9 Å². The standard InChI is InChI=1S/C20H22O6/c1-3-10-24-17-8-4-7-16(13-17)20(22)26-18-9-5-6-15(14-18)19(21)25-12-11-23-2/h4-9,13-14H,3,10-12H2,1-2H3. The molecule has 0 bridgehead atoms. The van der Waals surface area contributed by atoms with Crippen LogP contribution in [-0.2, 0) is 9.47 Å². The molecule has 0 heterocycles. The Bertz CT molecular complexity index is 741. The topological polar surface area (TPSA) is 71.1 Å². The molecule has 6 heteroatoms. The zero-order chi connectivity index (χ0) is 18.8. The van der Waals surface area contributed by atoms with Crippen molar-refractivity contribution in [3.05, 3.63) is 59.7 Å². The van der Waals surface area contributed by atoms with Gasteiger partial charge in [0.15, 0.2) is 0 Å². The predicted octanol–water partition coefficient (Wildman–Crippen LogP) is 3.50. The number of methoxy groups -OCH3 is 1. The van der Waals surface area contributed by atoms with E-state index in [1.54, 1.807) is 42.5 Å². The number of ether oxygens (including phenoxy) is 4. The molecule has 0 radical (unpaired) electrons. The third-order valence-corrected chi connectivity index (χ3v) is 3.34. The Morgan fingerprint density at radius 1 is 0.846 bits per heavy atom. The molecule has 0 aromatic heterocycles. The summed E-state index contributed by atoms with van der Waals surface area (Å²) in [5, 5.41) is 0. The molecule has 0 fully saturated rings. The number of benzene rings is 2. The minimum atomic E-state index is -0.531. The van der Waals surface area contributed by atoms with E-state index in [1.807, 2.05) is 6.92 Å². The molecule has 0 amide bonds. The Hall–Kier alpha value is -2.86. The number of hydrogen-bond donors (Lipinski definition) is 0. The summed E-state index contributed by atoms with van der Waals surface area (Å²) in [4.78, 5) is 24.3. The van der Waals surface area contributed by atoms with E-state index in [-0.39, 0.29) is 12.4 Å². The van der Waals surface area contributed by atoms with Gasteiger partial charge in [-0.2, -0.15) is 0 Å². The second-order valence-electron chi connectivity index (χ2n) is 5.42. The van der Waals surface area contributed by atoms with Crippen LogP contribution < -0.4 is 9.47 Å². The molecule has 0 saturated heterocycles. The zero-order valence-electron chi connectivity index (χ0n) is 14.9. The smallest absolute Gasteiger partial charge is 0.343 e. The Kier molecular flexibility index (Phi) is 7.64. The molecule has 0 aliphatic rings. The lowest BCUT2D eigenvalue weighted by atomic mass is 10.2. The monoisotopic (exact) mass is 358 g/mol. The van der Waals surface area contributed by atoms with Crippen molar-refractivity contribution in [2.75, 3.05) is 26.9 Å². The first-order chi connectivity index (χ1) is 12.6. The molecule has 2 aromatic carbocycles. The van der Waals surface area contributed by atoms with Crippen LogP contribution in [0.1, 0.15) is 34.1 Å². The fourth-order valence-electron chi connectivity index (χ4n) is 2.09. The molecule has 2 rings (SSSR count). The lowest BCUT2D eigenvalue weighted by molar-refractivity contribution is 0.0387. The molecule has 0 aliphatic heterocycles. The van der Waals surface area contributed by atoms with Gasteiger partial charge in [-0.1, -0.05) is 19.1 Å². The minimum absolute atomic E-state index is 0.157. The van der Waals surface area contributed by atoms with Crippen LogP contribution in [0.5, 0.6) is 11.5 Å². The number of hydrogen-bond acceptors (Lipinski definition) is 6. The summed E-state index contributed by atoms with van der Waals surface area (Å²) >= 11 is 0. The highest BCUT2D eigenvalue weighted by molar-refractivity contribution is 5.93. The van der Waals surface area contributed by atoms with Crippen LogP contribution in [0.4, 0.5) is 0 Å². The van der Waals surface area contributed by atoms with Crippen molar-refractivity contribution in [1.82, 2.24) is 0 Å². The Labute approximate surface area is 152 Å². The molecule has 0 spiro atoms. The maximum Gasteiger partial charge on any atom is 0.343 e. The molecule has 138 valence electrons. The molecule has 0 unspecified atom stereocenters. The molecule has 0 N–H and O–H groups in total. The average Bonchev–Trinajstić information content (AvgIpc) is 2.67. The van der Waals surface area contributed by atoms with E-state index < -0.39 is 11.9 Å². The van der Waals surface area contributed by atoms with Gasteiger partial charge in [0.05, 0.1) is 24.3 Å². The van der Waals surface area contributed by atoms with Gasteiger partial charge in [0, 0.05) is 7.11 Å². The lowest BCUT2D eigenvalue weighted by Crippen LogP contribution is -2.11. The number of rotatable bonds is 9. The average molecular weight is 358 g/mol. The maximum absolute atomic E-state index is 12.3. The number of carbonyl (C=O) groups is 2. The van der Waals surface area contributed by atoms with Crippen LogP contribution in [0.2, 0.25) is 0 Å². The number of carbonyl (C=O) groups excluding carboxylic acids is 2. The quantitative estimate of drug-likeness (QED) is 0.388. The van der Waals surface area contributed by atoms with E-state index >= 15 is 0 Å². The van der Waals surface area contributed by atoms with Crippen LogP contribution in [0.3, 0.4) is 0 Å². The Morgan fingerprint density at radius 3 is 2.19 bits per heavy atom. The zero-order valence-corrected chi connectivity index (χ0v) is 14.9. The van der Waals surface area contributed by atoms with E-state index in [4.69, 9.17) is 18.9 Å². The summed E-state index contributed by atoms with van der Waals surface area (Å²) < 4.78 is 20.7. The van der Waals surface area contributed by atoms with Crippen molar-refractivity contribution in [1.29, 1.82) is 0 Å². The summed E-state index contributed by atoms with van der Waals surface area (Å²) in [6.45, 7) is 3.05. The molecular formula is C20H22O6. The van der Waals surface area contributed by atoms with Gasteiger partial charge in [0.2, 0.25) is 0 Å². The van der Waals surface area contributed by atoms with Crippen LogP contribution in [-0.4, -0.2) is 38.9 Å². The van der Waals surface area contributed by atoms with Crippen molar-refractivity contribution >= 4 is 11.9 Å². The van der Waals surface area contributed by atoms with E-state index in [0.717, 1.165) is 6.42 Å². The molecule has 0 saturated carbocycles. The highest BCUT2D eigenvalue weighted by Gasteiger charge is 2.12.